The van der Waals surface area contributed by atoms with E-state index >= 15 is 0 Å². The van der Waals surface area contributed by atoms with Crippen LogP contribution in [0.1, 0.15) is 67.6 Å². The van der Waals surface area contributed by atoms with Crippen LogP contribution in [0.25, 0.3) is 22.1 Å². The number of hydrogen-bond acceptors (Lipinski definition) is 4. The number of rotatable bonds is 7. The zero-order valence-corrected chi connectivity index (χ0v) is 19.2. The molecule has 0 amide bonds. The molecule has 2 unspecified atom stereocenters. The Balaban J connectivity index is 1.99. The minimum Gasteiger partial charge on any atom is -0.481 e. The maximum Gasteiger partial charge on any atom is 0.331 e. The summed E-state index contributed by atoms with van der Waals surface area (Å²) in [5, 5.41) is 19.9. The standard InChI is InChI=1S/C25H27N5O3/c1-5-6-18(11-22(31)32)30-24-21(8-7-17(12-26)28-24)29(25(30)33)16(4)19-13-27-20-10-14(2)9-15(3)23(19)20/h7-10,13,16,18,27H,5-6,11H2,1-4H3,(H,31,32). The highest BCUT2D eigenvalue weighted by Crippen LogP contribution is 2.32. The van der Waals surface area contributed by atoms with Crippen LogP contribution >= 0.6 is 0 Å². The summed E-state index contributed by atoms with van der Waals surface area (Å²) in [6.07, 6.45) is 2.97. The van der Waals surface area contributed by atoms with Crippen LogP contribution in [0, 0.1) is 25.2 Å². The number of aryl methyl sites for hydroxylation is 2. The van der Waals surface area contributed by atoms with E-state index in [4.69, 9.17) is 0 Å². The maximum atomic E-state index is 13.8. The lowest BCUT2D eigenvalue weighted by Gasteiger charge is -2.16. The van der Waals surface area contributed by atoms with Crippen molar-refractivity contribution in [3.05, 3.63) is 63.3 Å². The number of imidazole rings is 1. The number of pyridine rings is 1. The summed E-state index contributed by atoms with van der Waals surface area (Å²) in [7, 11) is 0. The SMILES string of the molecule is CCCC(CC(=O)O)n1c(=O)n(C(C)c2c[nH]c3cc(C)cc(C)c23)c2ccc(C#N)nc21. The number of benzene rings is 1. The van der Waals surface area contributed by atoms with Crippen LogP contribution in [0.5, 0.6) is 0 Å². The molecule has 4 aromatic rings. The Morgan fingerprint density at radius 2 is 2.03 bits per heavy atom. The molecule has 2 N–H and O–H groups in total. The average molecular weight is 446 g/mol. The van der Waals surface area contributed by atoms with Crippen LogP contribution in [0.2, 0.25) is 0 Å². The number of aromatic nitrogens is 4. The monoisotopic (exact) mass is 445 g/mol. The molecule has 0 bridgehead atoms. The first-order valence-electron chi connectivity index (χ1n) is 11.1. The van der Waals surface area contributed by atoms with Gasteiger partial charge in [0.2, 0.25) is 0 Å². The molecule has 3 aromatic heterocycles. The first-order chi connectivity index (χ1) is 15.8. The summed E-state index contributed by atoms with van der Waals surface area (Å²) in [4.78, 5) is 33.1. The highest BCUT2D eigenvalue weighted by molar-refractivity contribution is 5.88. The Morgan fingerprint density at radius 1 is 1.27 bits per heavy atom. The van der Waals surface area contributed by atoms with Gasteiger partial charge in [-0.1, -0.05) is 19.4 Å². The molecule has 1 aromatic carbocycles. The van der Waals surface area contributed by atoms with Gasteiger partial charge in [0.25, 0.3) is 0 Å². The van der Waals surface area contributed by atoms with Crippen molar-refractivity contribution < 1.29 is 9.90 Å². The van der Waals surface area contributed by atoms with Gasteiger partial charge in [0, 0.05) is 22.7 Å². The smallest absolute Gasteiger partial charge is 0.331 e. The average Bonchev–Trinajstić information content (AvgIpc) is 3.30. The second kappa shape index (κ2) is 8.58. The fraction of sp³-hybridized carbons (Fsp3) is 0.360. The number of fused-ring (bicyclic) bond motifs is 2. The van der Waals surface area contributed by atoms with Gasteiger partial charge >= 0.3 is 11.7 Å². The lowest BCUT2D eigenvalue weighted by atomic mass is 10.0. The summed E-state index contributed by atoms with van der Waals surface area (Å²) < 4.78 is 3.13. The van der Waals surface area contributed by atoms with E-state index in [0.717, 1.165) is 27.6 Å². The number of carbonyl (C=O) groups is 1. The molecule has 0 aliphatic carbocycles. The quantitative estimate of drug-likeness (QED) is 0.431. The molecule has 0 aliphatic rings. The molecule has 4 rings (SSSR count). The van der Waals surface area contributed by atoms with Crippen molar-refractivity contribution in [3.63, 3.8) is 0 Å². The Bertz CT molecular complexity index is 1470. The molecule has 8 heteroatoms. The molecule has 170 valence electrons. The number of nitrogens with one attached hydrogen (secondary N) is 1. The van der Waals surface area contributed by atoms with Gasteiger partial charge in [-0.05, 0) is 56.5 Å². The summed E-state index contributed by atoms with van der Waals surface area (Å²) in [6.45, 7) is 8.00. The van der Waals surface area contributed by atoms with Crippen molar-refractivity contribution in [2.45, 2.75) is 59.0 Å². The van der Waals surface area contributed by atoms with Crippen LogP contribution in [-0.4, -0.2) is 30.2 Å². The molecule has 2 atom stereocenters. The predicted molar refractivity (Wildman–Crippen MR) is 126 cm³/mol. The van der Waals surface area contributed by atoms with Crippen molar-refractivity contribution in [2.24, 2.45) is 0 Å². The van der Waals surface area contributed by atoms with Crippen molar-refractivity contribution in [2.75, 3.05) is 0 Å². The van der Waals surface area contributed by atoms with Gasteiger partial charge in [0.15, 0.2) is 5.65 Å². The largest absolute Gasteiger partial charge is 0.481 e. The van der Waals surface area contributed by atoms with Crippen molar-refractivity contribution in [3.8, 4) is 6.07 Å². The normalized spacial score (nSPS) is 13.3. The van der Waals surface area contributed by atoms with Crippen LogP contribution in [0.15, 0.2) is 35.3 Å². The second-order valence-electron chi connectivity index (χ2n) is 8.64. The summed E-state index contributed by atoms with van der Waals surface area (Å²) in [5.74, 6) is -0.978. The zero-order chi connectivity index (χ0) is 23.9. The fourth-order valence-electron chi connectivity index (χ4n) is 4.90. The van der Waals surface area contributed by atoms with Crippen LogP contribution in [0.3, 0.4) is 0 Å². The minimum atomic E-state index is -0.978. The van der Waals surface area contributed by atoms with E-state index in [9.17, 15) is 20.0 Å². The minimum absolute atomic E-state index is 0.185. The fourth-order valence-corrected chi connectivity index (χ4v) is 4.90. The first-order valence-corrected chi connectivity index (χ1v) is 11.1. The Kier molecular flexibility index (Phi) is 5.81. The van der Waals surface area contributed by atoms with Crippen molar-refractivity contribution in [1.82, 2.24) is 19.1 Å². The molecular formula is C25H27N5O3. The molecule has 33 heavy (non-hydrogen) atoms. The van der Waals surface area contributed by atoms with E-state index in [1.807, 2.05) is 33.0 Å². The van der Waals surface area contributed by atoms with Crippen LogP contribution in [-0.2, 0) is 4.79 Å². The lowest BCUT2D eigenvalue weighted by molar-refractivity contribution is -0.137. The third-order valence-electron chi connectivity index (χ3n) is 6.26. The van der Waals surface area contributed by atoms with E-state index in [1.54, 1.807) is 16.7 Å². The number of carboxylic acids is 1. The van der Waals surface area contributed by atoms with Gasteiger partial charge in [0.1, 0.15) is 11.8 Å². The van der Waals surface area contributed by atoms with Gasteiger partial charge in [0.05, 0.1) is 24.0 Å². The van der Waals surface area contributed by atoms with Gasteiger partial charge < -0.3 is 10.1 Å². The number of aliphatic carboxylic acids is 1. The van der Waals surface area contributed by atoms with E-state index in [0.29, 0.717) is 24.0 Å². The zero-order valence-electron chi connectivity index (χ0n) is 19.2. The highest BCUT2D eigenvalue weighted by atomic mass is 16.4. The first kappa shape index (κ1) is 22.3. The van der Waals surface area contributed by atoms with E-state index in [1.165, 1.54) is 4.57 Å². The summed E-state index contributed by atoms with van der Waals surface area (Å²) in [6, 6.07) is 8.65. The summed E-state index contributed by atoms with van der Waals surface area (Å²) >= 11 is 0. The van der Waals surface area contributed by atoms with E-state index < -0.39 is 12.0 Å². The molecule has 0 saturated heterocycles. The maximum absolute atomic E-state index is 13.8. The third kappa shape index (κ3) is 3.80. The highest BCUT2D eigenvalue weighted by Gasteiger charge is 2.27. The molecule has 0 radical (unpaired) electrons. The van der Waals surface area contributed by atoms with Gasteiger partial charge in [-0.2, -0.15) is 5.26 Å². The number of nitriles is 1. The topological polar surface area (TPSA) is 117 Å². The molecule has 8 nitrogen and oxygen atoms in total. The number of hydrogen-bond donors (Lipinski definition) is 2. The second-order valence-corrected chi connectivity index (χ2v) is 8.64. The predicted octanol–water partition coefficient (Wildman–Crippen LogP) is 4.59. The molecular weight excluding hydrogens is 418 g/mol. The van der Waals surface area contributed by atoms with Crippen LogP contribution in [0.4, 0.5) is 0 Å². The van der Waals surface area contributed by atoms with Gasteiger partial charge in [-0.25, -0.2) is 9.78 Å². The molecule has 0 aliphatic heterocycles. The Morgan fingerprint density at radius 3 is 2.70 bits per heavy atom. The van der Waals surface area contributed by atoms with E-state index in [-0.39, 0.29) is 23.8 Å². The number of nitrogens with zero attached hydrogens (tertiary/aromatic N) is 4. The summed E-state index contributed by atoms with van der Waals surface area (Å²) in [5.41, 5.74) is 5.03. The Labute approximate surface area is 191 Å². The number of aromatic amines is 1. The van der Waals surface area contributed by atoms with E-state index in [2.05, 4.69) is 29.0 Å². The van der Waals surface area contributed by atoms with Gasteiger partial charge in [-0.3, -0.25) is 13.9 Å². The van der Waals surface area contributed by atoms with Crippen molar-refractivity contribution >= 4 is 28.0 Å². The van der Waals surface area contributed by atoms with Crippen LogP contribution < -0.4 is 5.69 Å². The third-order valence-corrected chi connectivity index (χ3v) is 6.26. The molecule has 0 fully saturated rings. The lowest BCUT2D eigenvalue weighted by Crippen LogP contribution is -2.30. The Hall–Kier alpha value is -3.86. The molecule has 0 spiro atoms. The number of carboxylic acid groups (broad SMARTS) is 1. The molecule has 3 heterocycles. The van der Waals surface area contributed by atoms with Gasteiger partial charge in [-0.15, -0.1) is 0 Å². The molecule has 0 saturated carbocycles. The number of H-pyrrole nitrogens is 1. The van der Waals surface area contributed by atoms with Crippen molar-refractivity contribution in [1.29, 1.82) is 5.26 Å².